The lowest BCUT2D eigenvalue weighted by molar-refractivity contribution is 0.0789. The highest BCUT2D eigenvalue weighted by atomic mass is 16.5. The SMILES string of the molecule is CC(C)C(N)CCN(C)C(=O)c1ccc(COc2ccccc2)cc1. The van der Waals surface area contributed by atoms with Crippen LogP contribution in [0, 0.1) is 5.92 Å². The van der Waals surface area contributed by atoms with Gasteiger partial charge < -0.3 is 15.4 Å². The van der Waals surface area contributed by atoms with Gasteiger partial charge in [0, 0.05) is 25.2 Å². The number of rotatable bonds is 8. The second-order valence-corrected chi connectivity index (χ2v) is 6.72. The maximum absolute atomic E-state index is 12.5. The minimum Gasteiger partial charge on any atom is -0.489 e. The molecule has 0 aliphatic carbocycles. The largest absolute Gasteiger partial charge is 0.489 e. The van der Waals surface area contributed by atoms with Crippen molar-refractivity contribution in [1.82, 2.24) is 4.90 Å². The first-order chi connectivity index (χ1) is 12.0. The Hall–Kier alpha value is -2.33. The van der Waals surface area contributed by atoms with Gasteiger partial charge in [0.1, 0.15) is 12.4 Å². The van der Waals surface area contributed by atoms with Crippen molar-refractivity contribution in [3.05, 3.63) is 65.7 Å². The van der Waals surface area contributed by atoms with E-state index in [9.17, 15) is 4.79 Å². The van der Waals surface area contributed by atoms with Crippen LogP contribution in [0.3, 0.4) is 0 Å². The Labute approximate surface area is 150 Å². The maximum Gasteiger partial charge on any atom is 0.253 e. The molecule has 0 saturated heterocycles. The zero-order chi connectivity index (χ0) is 18.2. The van der Waals surface area contributed by atoms with Crippen LogP contribution in [0.5, 0.6) is 5.75 Å². The van der Waals surface area contributed by atoms with Crippen molar-refractivity contribution in [2.75, 3.05) is 13.6 Å². The highest BCUT2D eigenvalue weighted by Crippen LogP contribution is 2.13. The summed E-state index contributed by atoms with van der Waals surface area (Å²) in [5.41, 5.74) is 7.77. The Morgan fingerprint density at radius 2 is 1.72 bits per heavy atom. The monoisotopic (exact) mass is 340 g/mol. The predicted molar refractivity (Wildman–Crippen MR) is 102 cm³/mol. The Morgan fingerprint density at radius 3 is 2.32 bits per heavy atom. The third-order valence-electron chi connectivity index (χ3n) is 4.35. The van der Waals surface area contributed by atoms with E-state index in [4.69, 9.17) is 10.5 Å². The van der Waals surface area contributed by atoms with E-state index in [1.165, 1.54) is 0 Å². The topological polar surface area (TPSA) is 55.6 Å². The second kappa shape index (κ2) is 9.23. The molecule has 0 aliphatic rings. The van der Waals surface area contributed by atoms with Crippen molar-refractivity contribution >= 4 is 5.91 Å². The Morgan fingerprint density at radius 1 is 1.08 bits per heavy atom. The highest BCUT2D eigenvalue weighted by molar-refractivity contribution is 5.94. The number of carbonyl (C=O) groups is 1. The smallest absolute Gasteiger partial charge is 0.253 e. The van der Waals surface area contributed by atoms with Crippen molar-refractivity contribution in [2.45, 2.75) is 32.9 Å². The van der Waals surface area contributed by atoms with E-state index in [1.807, 2.05) is 61.6 Å². The Kier molecular flexibility index (Phi) is 7.02. The van der Waals surface area contributed by atoms with E-state index in [0.29, 0.717) is 24.6 Å². The van der Waals surface area contributed by atoms with Crippen LogP contribution in [-0.2, 0) is 6.61 Å². The van der Waals surface area contributed by atoms with Gasteiger partial charge in [0.25, 0.3) is 5.91 Å². The summed E-state index contributed by atoms with van der Waals surface area (Å²) in [7, 11) is 1.82. The molecule has 2 aromatic carbocycles. The standard InChI is InChI=1S/C21H28N2O2/c1-16(2)20(22)13-14-23(3)21(24)18-11-9-17(10-12-18)15-25-19-7-5-4-6-8-19/h4-12,16,20H,13-15,22H2,1-3H3. The van der Waals surface area contributed by atoms with Gasteiger partial charge in [0.15, 0.2) is 0 Å². The van der Waals surface area contributed by atoms with Gasteiger partial charge in [-0.2, -0.15) is 0 Å². The fourth-order valence-electron chi connectivity index (χ4n) is 2.42. The highest BCUT2D eigenvalue weighted by Gasteiger charge is 2.14. The van der Waals surface area contributed by atoms with Crippen molar-refractivity contribution in [3.63, 3.8) is 0 Å². The predicted octanol–water partition coefficient (Wildman–Crippen LogP) is 3.71. The molecular formula is C21H28N2O2. The summed E-state index contributed by atoms with van der Waals surface area (Å²) in [6.45, 7) is 5.35. The average Bonchev–Trinajstić information content (AvgIpc) is 2.64. The van der Waals surface area contributed by atoms with Gasteiger partial charge >= 0.3 is 0 Å². The van der Waals surface area contributed by atoms with Gasteiger partial charge in [0.05, 0.1) is 0 Å². The van der Waals surface area contributed by atoms with E-state index >= 15 is 0 Å². The number of para-hydroxylation sites is 1. The fraction of sp³-hybridized carbons (Fsp3) is 0.381. The van der Waals surface area contributed by atoms with E-state index in [-0.39, 0.29) is 11.9 Å². The van der Waals surface area contributed by atoms with E-state index in [2.05, 4.69) is 13.8 Å². The van der Waals surface area contributed by atoms with Crippen LogP contribution in [0.1, 0.15) is 36.2 Å². The summed E-state index contributed by atoms with van der Waals surface area (Å²) < 4.78 is 5.72. The normalized spacial score (nSPS) is 12.0. The molecule has 2 N–H and O–H groups in total. The second-order valence-electron chi connectivity index (χ2n) is 6.72. The summed E-state index contributed by atoms with van der Waals surface area (Å²) in [6, 6.07) is 17.4. The number of ether oxygens (including phenoxy) is 1. The van der Waals surface area contributed by atoms with Crippen LogP contribution in [0.4, 0.5) is 0 Å². The summed E-state index contributed by atoms with van der Waals surface area (Å²) in [5, 5.41) is 0. The molecule has 1 unspecified atom stereocenters. The summed E-state index contributed by atoms with van der Waals surface area (Å²) in [4.78, 5) is 14.2. The van der Waals surface area contributed by atoms with Crippen molar-refractivity contribution in [2.24, 2.45) is 11.7 Å². The van der Waals surface area contributed by atoms with Crippen LogP contribution in [0.2, 0.25) is 0 Å². The average molecular weight is 340 g/mol. The molecule has 0 spiro atoms. The molecule has 4 nitrogen and oxygen atoms in total. The first kappa shape index (κ1) is 19.0. The summed E-state index contributed by atoms with van der Waals surface area (Å²) >= 11 is 0. The van der Waals surface area contributed by atoms with Gasteiger partial charge in [-0.15, -0.1) is 0 Å². The number of hydrogen-bond acceptors (Lipinski definition) is 3. The third kappa shape index (κ3) is 5.91. The minimum atomic E-state index is 0.0199. The van der Waals surface area contributed by atoms with Gasteiger partial charge in [-0.05, 0) is 42.2 Å². The summed E-state index contributed by atoms with van der Waals surface area (Å²) in [5.74, 6) is 1.28. The molecule has 134 valence electrons. The molecule has 2 rings (SSSR count). The van der Waals surface area contributed by atoms with Gasteiger partial charge in [-0.25, -0.2) is 0 Å². The van der Waals surface area contributed by atoms with E-state index in [0.717, 1.165) is 17.7 Å². The first-order valence-electron chi connectivity index (χ1n) is 8.75. The number of amides is 1. The molecule has 1 atom stereocenters. The van der Waals surface area contributed by atoms with E-state index < -0.39 is 0 Å². The van der Waals surface area contributed by atoms with Gasteiger partial charge in [0.2, 0.25) is 0 Å². The molecule has 0 aromatic heterocycles. The molecule has 2 aromatic rings. The lowest BCUT2D eigenvalue weighted by atomic mass is 10.0. The zero-order valence-corrected chi connectivity index (χ0v) is 15.3. The minimum absolute atomic E-state index is 0.0199. The van der Waals surface area contributed by atoms with Gasteiger partial charge in [-0.3, -0.25) is 4.79 Å². The molecule has 0 bridgehead atoms. The van der Waals surface area contributed by atoms with Crippen LogP contribution in [0.25, 0.3) is 0 Å². The first-order valence-corrected chi connectivity index (χ1v) is 8.75. The van der Waals surface area contributed by atoms with Crippen LogP contribution in [0.15, 0.2) is 54.6 Å². The lowest BCUT2D eigenvalue weighted by Gasteiger charge is -2.21. The number of benzene rings is 2. The molecule has 1 amide bonds. The lowest BCUT2D eigenvalue weighted by Crippen LogP contribution is -2.34. The molecule has 0 fully saturated rings. The van der Waals surface area contributed by atoms with Crippen LogP contribution in [-0.4, -0.2) is 30.4 Å². The van der Waals surface area contributed by atoms with E-state index in [1.54, 1.807) is 4.90 Å². The van der Waals surface area contributed by atoms with Crippen molar-refractivity contribution in [3.8, 4) is 5.75 Å². The maximum atomic E-state index is 12.5. The Balaban J connectivity index is 1.86. The Bertz CT molecular complexity index is 653. The molecule has 25 heavy (non-hydrogen) atoms. The molecule has 0 radical (unpaired) electrons. The zero-order valence-electron chi connectivity index (χ0n) is 15.3. The quantitative estimate of drug-likeness (QED) is 0.797. The van der Waals surface area contributed by atoms with Crippen molar-refractivity contribution in [1.29, 1.82) is 0 Å². The van der Waals surface area contributed by atoms with Gasteiger partial charge in [-0.1, -0.05) is 44.2 Å². The molecular weight excluding hydrogens is 312 g/mol. The molecule has 0 saturated carbocycles. The molecule has 0 aliphatic heterocycles. The van der Waals surface area contributed by atoms with Crippen LogP contribution >= 0.6 is 0 Å². The number of nitrogens with zero attached hydrogens (tertiary/aromatic N) is 1. The molecule has 0 heterocycles. The van der Waals surface area contributed by atoms with Crippen molar-refractivity contribution < 1.29 is 9.53 Å². The number of nitrogens with two attached hydrogens (primary N) is 1. The molecule has 4 heteroatoms. The number of hydrogen-bond donors (Lipinski definition) is 1. The number of carbonyl (C=O) groups excluding carboxylic acids is 1. The summed E-state index contributed by atoms with van der Waals surface area (Å²) in [6.07, 6.45) is 0.808. The van der Waals surface area contributed by atoms with Crippen LogP contribution < -0.4 is 10.5 Å². The third-order valence-corrected chi connectivity index (χ3v) is 4.35. The fourth-order valence-corrected chi connectivity index (χ4v) is 2.42.